The summed E-state index contributed by atoms with van der Waals surface area (Å²) < 4.78 is 30.6. The van der Waals surface area contributed by atoms with E-state index in [0.29, 0.717) is 37.4 Å². The molecule has 0 radical (unpaired) electrons. The zero-order chi connectivity index (χ0) is 18.7. The predicted octanol–water partition coefficient (Wildman–Crippen LogP) is 2.16. The number of hydrogen-bond donors (Lipinski definition) is 0. The van der Waals surface area contributed by atoms with Crippen LogP contribution in [0.1, 0.15) is 15.9 Å². The standard InChI is InChI=1S/C19H22N2O4S/c1-20(12-13-25-17-6-4-3-5-7-17)19(22)16-8-9-18-15(14-16)10-11-21(18)26(2,23)24/h3-9,14H,10-13H2,1-2H3. The molecule has 1 amide bonds. The Labute approximate surface area is 154 Å². The summed E-state index contributed by atoms with van der Waals surface area (Å²) >= 11 is 0. The van der Waals surface area contributed by atoms with Gasteiger partial charge in [-0.25, -0.2) is 8.42 Å². The summed E-state index contributed by atoms with van der Waals surface area (Å²) in [5, 5.41) is 0. The molecule has 6 nitrogen and oxygen atoms in total. The van der Waals surface area contributed by atoms with Crippen LogP contribution in [0.4, 0.5) is 5.69 Å². The third-order valence-corrected chi connectivity index (χ3v) is 5.54. The van der Waals surface area contributed by atoms with Crippen molar-refractivity contribution in [2.24, 2.45) is 0 Å². The van der Waals surface area contributed by atoms with Gasteiger partial charge in [0.05, 0.1) is 18.5 Å². The van der Waals surface area contributed by atoms with Crippen molar-refractivity contribution < 1.29 is 17.9 Å². The van der Waals surface area contributed by atoms with Gasteiger partial charge in [-0.15, -0.1) is 0 Å². The van der Waals surface area contributed by atoms with Gasteiger partial charge in [0.25, 0.3) is 5.91 Å². The zero-order valence-electron chi connectivity index (χ0n) is 14.9. The Morgan fingerprint density at radius 1 is 1.19 bits per heavy atom. The Hall–Kier alpha value is -2.54. The highest BCUT2D eigenvalue weighted by atomic mass is 32.2. The van der Waals surface area contributed by atoms with Gasteiger partial charge in [0.1, 0.15) is 12.4 Å². The quantitative estimate of drug-likeness (QED) is 0.777. The molecule has 0 aliphatic carbocycles. The molecular weight excluding hydrogens is 352 g/mol. The topological polar surface area (TPSA) is 66.9 Å². The molecule has 0 bridgehead atoms. The lowest BCUT2D eigenvalue weighted by molar-refractivity contribution is 0.0773. The summed E-state index contributed by atoms with van der Waals surface area (Å²) in [5.41, 5.74) is 2.11. The van der Waals surface area contributed by atoms with E-state index >= 15 is 0 Å². The van der Waals surface area contributed by atoms with Crippen molar-refractivity contribution in [3.8, 4) is 5.75 Å². The number of fused-ring (bicyclic) bond motifs is 1. The van der Waals surface area contributed by atoms with Crippen LogP contribution in [0.25, 0.3) is 0 Å². The maximum Gasteiger partial charge on any atom is 0.253 e. The monoisotopic (exact) mass is 374 g/mol. The third-order valence-electron chi connectivity index (χ3n) is 4.37. The first-order valence-electron chi connectivity index (χ1n) is 8.40. The summed E-state index contributed by atoms with van der Waals surface area (Å²) in [5.74, 6) is 0.661. The Bertz CT molecular complexity index is 897. The molecule has 1 aliphatic rings. The highest BCUT2D eigenvalue weighted by molar-refractivity contribution is 7.92. The van der Waals surface area contributed by atoms with E-state index in [1.807, 2.05) is 30.3 Å². The normalized spacial score (nSPS) is 13.4. The molecule has 0 fully saturated rings. The van der Waals surface area contributed by atoms with Crippen molar-refractivity contribution >= 4 is 21.6 Å². The molecule has 0 saturated heterocycles. The number of benzene rings is 2. The summed E-state index contributed by atoms with van der Waals surface area (Å²) in [6.07, 6.45) is 1.81. The van der Waals surface area contributed by atoms with Crippen LogP contribution in [0.2, 0.25) is 0 Å². The van der Waals surface area contributed by atoms with Gasteiger partial charge in [0.2, 0.25) is 10.0 Å². The van der Waals surface area contributed by atoms with Crippen LogP contribution >= 0.6 is 0 Å². The number of hydrogen-bond acceptors (Lipinski definition) is 4. The first-order chi connectivity index (χ1) is 12.4. The number of rotatable bonds is 6. The van der Waals surface area contributed by atoms with Crippen molar-refractivity contribution in [3.63, 3.8) is 0 Å². The number of nitrogens with zero attached hydrogens (tertiary/aromatic N) is 2. The van der Waals surface area contributed by atoms with Gasteiger partial charge in [0, 0.05) is 19.2 Å². The molecule has 0 saturated carbocycles. The van der Waals surface area contributed by atoms with Crippen molar-refractivity contribution in [2.75, 3.05) is 37.3 Å². The number of carbonyl (C=O) groups is 1. The first kappa shape index (κ1) is 18.3. The molecule has 3 rings (SSSR count). The fourth-order valence-electron chi connectivity index (χ4n) is 2.99. The maximum atomic E-state index is 12.6. The highest BCUT2D eigenvalue weighted by Crippen LogP contribution is 2.30. The summed E-state index contributed by atoms with van der Waals surface area (Å²) in [6.45, 7) is 1.28. The zero-order valence-corrected chi connectivity index (χ0v) is 15.7. The average molecular weight is 374 g/mol. The van der Waals surface area contributed by atoms with Crippen LogP contribution < -0.4 is 9.04 Å². The molecule has 138 valence electrons. The van der Waals surface area contributed by atoms with Gasteiger partial charge >= 0.3 is 0 Å². The van der Waals surface area contributed by atoms with Crippen molar-refractivity contribution in [3.05, 3.63) is 59.7 Å². The fraction of sp³-hybridized carbons (Fsp3) is 0.316. The molecule has 1 aliphatic heterocycles. The largest absolute Gasteiger partial charge is 0.492 e. The molecule has 0 atom stereocenters. The Morgan fingerprint density at radius 2 is 1.92 bits per heavy atom. The SMILES string of the molecule is CN(CCOc1ccccc1)C(=O)c1ccc2c(c1)CCN2S(C)(=O)=O. The second-order valence-corrected chi connectivity index (χ2v) is 8.22. The molecule has 0 spiro atoms. The molecule has 26 heavy (non-hydrogen) atoms. The number of ether oxygens (including phenoxy) is 1. The predicted molar refractivity (Wildman–Crippen MR) is 101 cm³/mol. The molecule has 7 heteroatoms. The summed E-state index contributed by atoms with van der Waals surface area (Å²) in [7, 11) is -1.55. The maximum absolute atomic E-state index is 12.6. The lowest BCUT2D eigenvalue weighted by Crippen LogP contribution is -2.31. The van der Waals surface area contributed by atoms with Gasteiger partial charge in [-0.2, -0.15) is 0 Å². The van der Waals surface area contributed by atoms with E-state index in [1.165, 1.54) is 10.6 Å². The Morgan fingerprint density at radius 3 is 2.62 bits per heavy atom. The highest BCUT2D eigenvalue weighted by Gasteiger charge is 2.27. The molecule has 2 aromatic carbocycles. The minimum atomic E-state index is -3.28. The summed E-state index contributed by atoms with van der Waals surface area (Å²) in [6, 6.07) is 14.6. The van der Waals surface area contributed by atoms with Crippen molar-refractivity contribution in [1.82, 2.24) is 4.90 Å². The minimum absolute atomic E-state index is 0.109. The smallest absolute Gasteiger partial charge is 0.253 e. The van der Waals surface area contributed by atoms with E-state index in [0.717, 1.165) is 11.3 Å². The lowest BCUT2D eigenvalue weighted by Gasteiger charge is -2.19. The average Bonchev–Trinajstić information content (AvgIpc) is 3.05. The fourth-order valence-corrected chi connectivity index (χ4v) is 3.95. The van der Waals surface area contributed by atoms with Gasteiger partial charge in [-0.1, -0.05) is 18.2 Å². The number of carbonyl (C=O) groups excluding carboxylic acids is 1. The van der Waals surface area contributed by atoms with Gasteiger partial charge in [-0.05, 0) is 42.3 Å². The Balaban J connectivity index is 1.63. The van der Waals surface area contributed by atoms with E-state index in [9.17, 15) is 13.2 Å². The lowest BCUT2D eigenvalue weighted by atomic mass is 10.1. The van der Waals surface area contributed by atoms with E-state index in [1.54, 1.807) is 30.1 Å². The number of likely N-dealkylation sites (N-methyl/N-ethyl adjacent to an activating group) is 1. The molecule has 0 unspecified atom stereocenters. The number of para-hydroxylation sites is 1. The van der Waals surface area contributed by atoms with E-state index < -0.39 is 10.0 Å². The van der Waals surface area contributed by atoms with E-state index in [2.05, 4.69) is 0 Å². The van der Waals surface area contributed by atoms with Crippen LogP contribution in [0.3, 0.4) is 0 Å². The van der Waals surface area contributed by atoms with Gasteiger partial charge in [-0.3, -0.25) is 9.10 Å². The first-order valence-corrected chi connectivity index (χ1v) is 10.2. The second kappa shape index (κ2) is 7.37. The van der Waals surface area contributed by atoms with Crippen LogP contribution in [0.5, 0.6) is 5.75 Å². The number of amides is 1. The van der Waals surface area contributed by atoms with Gasteiger partial charge < -0.3 is 9.64 Å². The van der Waals surface area contributed by atoms with E-state index in [4.69, 9.17) is 4.74 Å². The van der Waals surface area contributed by atoms with E-state index in [-0.39, 0.29) is 5.91 Å². The molecule has 0 N–H and O–H groups in total. The summed E-state index contributed by atoms with van der Waals surface area (Å²) in [4.78, 5) is 14.2. The van der Waals surface area contributed by atoms with Crippen molar-refractivity contribution in [2.45, 2.75) is 6.42 Å². The number of sulfonamides is 1. The van der Waals surface area contributed by atoms with Crippen LogP contribution in [0, 0.1) is 0 Å². The third kappa shape index (κ3) is 3.99. The molecule has 2 aromatic rings. The minimum Gasteiger partial charge on any atom is -0.492 e. The van der Waals surface area contributed by atoms with Crippen molar-refractivity contribution in [1.29, 1.82) is 0 Å². The van der Waals surface area contributed by atoms with Crippen LogP contribution in [0.15, 0.2) is 48.5 Å². The Kier molecular flexibility index (Phi) is 5.18. The van der Waals surface area contributed by atoms with Crippen LogP contribution in [-0.4, -0.2) is 52.2 Å². The molecular formula is C19H22N2O4S. The van der Waals surface area contributed by atoms with Crippen LogP contribution in [-0.2, 0) is 16.4 Å². The molecule has 0 aromatic heterocycles. The van der Waals surface area contributed by atoms with Gasteiger partial charge in [0.15, 0.2) is 0 Å². The number of anilines is 1. The molecule has 1 heterocycles. The second-order valence-electron chi connectivity index (χ2n) is 6.32.